The number of rotatable bonds is 3. The number of aromatic nitrogens is 3. The highest BCUT2D eigenvalue weighted by atomic mass is 16.5. The summed E-state index contributed by atoms with van der Waals surface area (Å²) in [7, 11) is 0. The lowest BCUT2D eigenvalue weighted by Crippen LogP contribution is -2.05. The highest BCUT2D eigenvalue weighted by molar-refractivity contribution is 5.90. The zero-order chi connectivity index (χ0) is 14.7. The van der Waals surface area contributed by atoms with E-state index in [1.54, 1.807) is 31.5 Å². The maximum Gasteiger partial charge on any atom is 0.338 e. The molecule has 3 heterocycles. The SMILES string of the molecule is CCOC(=O)c1ccnc(-c2ccc3cccnc3n2)c1. The highest BCUT2D eigenvalue weighted by Crippen LogP contribution is 2.19. The second kappa shape index (κ2) is 5.66. The number of esters is 1. The van der Waals surface area contributed by atoms with E-state index in [9.17, 15) is 4.79 Å². The minimum absolute atomic E-state index is 0.342. The summed E-state index contributed by atoms with van der Waals surface area (Å²) >= 11 is 0. The summed E-state index contributed by atoms with van der Waals surface area (Å²) < 4.78 is 4.99. The Morgan fingerprint density at radius 1 is 1.10 bits per heavy atom. The average Bonchev–Trinajstić information content (AvgIpc) is 2.55. The zero-order valence-electron chi connectivity index (χ0n) is 11.5. The molecule has 0 aliphatic heterocycles. The van der Waals surface area contributed by atoms with Crippen LogP contribution in [-0.4, -0.2) is 27.5 Å². The maximum absolute atomic E-state index is 11.8. The van der Waals surface area contributed by atoms with Crippen molar-refractivity contribution < 1.29 is 9.53 Å². The number of pyridine rings is 3. The van der Waals surface area contributed by atoms with Gasteiger partial charge in [0.2, 0.25) is 0 Å². The van der Waals surface area contributed by atoms with Crippen molar-refractivity contribution >= 4 is 17.0 Å². The molecule has 0 aromatic carbocycles. The van der Waals surface area contributed by atoms with Crippen LogP contribution in [0.4, 0.5) is 0 Å². The molecule has 104 valence electrons. The Labute approximate surface area is 121 Å². The van der Waals surface area contributed by atoms with E-state index in [1.165, 1.54) is 0 Å². The first-order valence-electron chi connectivity index (χ1n) is 6.63. The van der Waals surface area contributed by atoms with Gasteiger partial charge in [0, 0.05) is 17.8 Å². The largest absolute Gasteiger partial charge is 0.462 e. The van der Waals surface area contributed by atoms with Crippen LogP contribution in [0.5, 0.6) is 0 Å². The monoisotopic (exact) mass is 279 g/mol. The molecule has 0 saturated heterocycles. The van der Waals surface area contributed by atoms with Gasteiger partial charge in [-0.3, -0.25) is 4.98 Å². The van der Waals surface area contributed by atoms with Gasteiger partial charge in [0.05, 0.1) is 23.6 Å². The maximum atomic E-state index is 11.8. The summed E-state index contributed by atoms with van der Waals surface area (Å²) in [5.74, 6) is -0.361. The lowest BCUT2D eigenvalue weighted by atomic mass is 10.1. The van der Waals surface area contributed by atoms with Crippen molar-refractivity contribution in [3.8, 4) is 11.4 Å². The van der Waals surface area contributed by atoms with Crippen LogP contribution in [0.25, 0.3) is 22.4 Å². The number of fused-ring (bicyclic) bond motifs is 1. The lowest BCUT2D eigenvalue weighted by Gasteiger charge is -2.05. The topological polar surface area (TPSA) is 65.0 Å². The smallest absolute Gasteiger partial charge is 0.338 e. The van der Waals surface area contributed by atoms with Crippen LogP contribution in [0.1, 0.15) is 17.3 Å². The van der Waals surface area contributed by atoms with Crippen molar-refractivity contribution in [3.63, 3.8) is 0 Å². The van der Waals surface area contributed by atoms with E-state index in [0.717, 1.165) is 5.39 Å². The molecular formula is C16H13N3O2. The Kier molecular flexibility index (Phi) is 3.55. The van der Waals surface area contributed by atoms with Gasteiger partial charge in [-0.25, -0.2) is 14.8 Å². The molecule has 0 unspecified atom stereocenters. The standard InChI is InChI=1S/C16H13N3O2/c1-2-21-16(20)12-7-9-17-14(10-12)13-6-5-11-4-3-8-18-15(11)19-13/h3-10H,2H2,1H3. The molecule has 0 bridgehead atoms. The number of hydrogen-bond donors (Lipinski definition) is 0. The van der Waals surface area contributed by atoms with E-state index < -0.39 is 0 Å². The van der Waals surface area contributed by atoms with E-state index in [1.807, 2.05) is 24.3 Å². The van der Waals surface area contributed by atoms with Crippen LogP contribution < -0.4 is 0 Å². The van der Waals surface area contributed by atoms with Crippen LogP contribution in [0, 0.1) is 0 Å². The summed E-state index contributed by atoms with van der Waals surface area (Å²) in [6.07, 6.45) is 3.27. The minimum atomic E-state index is -0.361. The van der Waals surface area contributed by atoms with Crippen LogP contribution in [0.3, 0.4) is 0 Å². The van der Waals surface area contributed by atoms with E-state index >= 15 is 0 Å². The first kappa shape index (κ1) is 13.2. The lowest BCUT2D eigenvalue weighted by molar-refractivity contribution is 0.0526. The molecule has 5 heteroatoms. The molecule has 0 fully saturated rings. The molecule has 21 heavy (non-hydrogen) atoms. The van der Waals surface area contributed by atoms with Gasteiger partial charge in [-0.05, 0) is 43.3 Å². The number of carbonyl (C=O) groups is 1. The molecule has 0 radical (unpaired) electrons. The van der Waals surface area contributed by atoms with Gasteiger partial charge >= 0.3 is 5.97 Å². The molecule has 0 atom stereocenters. The minimum Gasteiger partial charge on any atom is -0.462 e. The van der Waals surface area contributed by atoms with Crippen LogP contribution in [-0.2, 0) is 4.74 Å². The van der Waals surface area contributed by atoms with Crippen LogP contribution in [0.2, 0.25) is 0 Å². The molecule has 3 aromatic rings. The van der Waals surface area contributed by atoms with E-state index in [0.29, 0.717) is 29.2 Å². The summed E-state index contributed by atoms with van der Waals surface area (Å²) in [5.41, 5.74) is 2.41. The van der Waals surface area contributed by atoms with Crippen LogP contribution >= 0.6 is 0 Å². The fourth-order valence-electron chi connectivity index (χ4n) is 2.01. The predicted molar refractivity (Wildman–Crippen MR) is 78.7 cm³/mol. The quantitative estimate of drug-likeness (QED) is 0.690. The Morgan fingerprint density at radius 2 is 2.00 bits per heavy atom. The number of ether oxygens (including phenoxy) is 1. The normalized spacial score (nSPS) is 10.5. The Morgan fingerprint density at radius 3 is 2.86 bits per heavy atom. The second-order valence-electron chi connectivity index (χ2n) is 4.40. The summed E-state index contributed by atoms with van der Waals surface area (Å²) in [4.78, 5) is 24.7. The number of carbonyl (C=O) groups excluding carboxylic acids is 1. The molecule has 3 rings (SSSR count). The zero-order valence-corrected chi connectivity index (χ0v) is 11.5. The summed E-state index contributed by atoms with van der Waals surface area (Å²) in [6, 6.07) is 10.9. The van der Waals surface area contributed by atoms with E-state index in [-0.39, 0.29) is 5.97 Å². The molecule has 0 aliphatic rings. The average molecular weight is 279 g/mol. The van der Waals surface area contributed by atoms with Crippen molar-refractivity contribution in [2.24, 2.45) is 0 Å². The first-order valence-corrected chi connectivity index (χ1v) is 6.63. The Balaban J connectivity index is 2.02. The third-order valence-electron chi connectivity index (χ3n) is 3.00. The number of hydrogen-bond acceptors (Lipinski definition) is 5. The second-order valence-corrected chi connectivity index (χ2v) is 4.40. The van der Waals surface area contributed by atoms with Crippen molar-refractivity contribution in [2.75, 3.05) is 6.61 Å². The number of nitrogens with zero attached hydrogens (tertiary/aromatic N) is 3. The van der Waals surface area contributed by atoms with Crippen molar-refractivity contribution in [2.45, 2.75) is 6.92 Å². The van der Waals surface area contributed by atoms with Crippen molar-refractivity contribution in [1.82, 2.24) is 15.0 Å². The van der Waals surface area contributed by atoms with Gasteiger partial charge in [-0.2, -0.15) is 0 Å². The van der Waals surface area contributed by atoms with Gasteiger partial charge < -0.3 is 4.74 Å². The van der Waals surface area contributed by atoms with Gasteiger partial charge in [0.25, 0.3) is 0 Å². The van der Waals surface area contributed by atoms with E-state index in [2.05, 4.69) is 15.0 Å². The molecule has 5 nitrogen and oxygen atoms in total. The molecule has 0 N–H and O–H groups in total. The fourth-order valence-corrected chi connectivity index (χ4v) is 2.01. The highest BCUT2D eigenvalue weighted by Gasteiger charge is 2.10. The van der Waals surface area contributed by atoms with Gasteiger partial charge in [0.15, 0.2) is 5.65 Å². The van der Waals surface area contributed by atoms with Crippen molar-refractivity contribution in [3.05, 3.63) is 54.4 Å². The third-order valence-corrected chi connectivity index (χ3v) is 3.00. The van der Waals surface area contributed by atoms with Gasteiger partial charge in [-0.15, -0.1) is 0 Å². The Bertz CT molecular complexity index is 802. The molecule has 0 amide bonds. The first-order chi connectivity index (χ1) is 10.3. The van der Waals surface area contributed by atoms with Gasteiger partial charge in [0.1, 0.15) is 0 Å². The molecule has 3 aromatic heterocycles. The predicted octanol–water partition coefficient (Wildman–Crippen LogP) is 2.87. The van der Waals surface area contributed by atoms with E-state index in [4.69, 9.17) is 4.74 Å². The van der Waals surface area contributed by atoms with Crippen LogP contribution in [0.15, 0.2) is 48.8 Å². The fraction of sp³-hybridized carbons (Fsp3) is 0.125. The Hall–Kier alpha value is -2.82. The molecule has 0 spiro atoms. The summed E-state index contributed by atoms with van der Waals surface area (Å²) in [6.45, 7) is 2.12. The third kappa shape index (κ3) is 2.72. The summed E-state index contributed by atoms with van der Waals surface area (Å²) in [5, 5.41) is 0.961. The molecular weight excluding hydrogens is 266 g/mol. The van der Waals surface area contributed by atoms with Crippen molar-refractivity contribution in [1.29, 1.82) is 0 Å². The molecule has 0 saturated carbocycles. The van der Waals surface area contributed by atoms with Gasteiger partial charge in [-0.1, -0.05) is 0 Å². The molecule has 0 aliphatic carbocycles.